The van der Waals surface area contributed by atoms with Gasteiger partial charge in [0.1, 0.15) is 30.5 Å². The van der Waals surface area contributed by atoms with E-state index in [0.717, 1.165) is 6.92 Å². The minimum atomic E-state index is -1.84. The maximum Gasteiger partial charge on any atom is 0.325 e. The smallest absolute Gasteiger partial charge is 0.325 e. The van der Waals surface area contributed by atoms with E-state index in [2.05, 4.69) is 10.1 Å². The average molecular weight is 450 g/mol. The number of ether oxygens (including phenoxy) is 2. The summed E-state index contributed by atoms with van der Waals surface area (Å²) in [7, 11) is 0. The van der Waals surface area contributed by atoms with Crippen LogP contribution < -0.4 is 5.32 Å². The van der Waals surface area contributed by atoms with Gasteiger partial charge in [0, 0.05) is 18.9 Å². The number of esters is 2. The lowest BCUT2D eigenvalue weighted by Crippen LogP contribution is -2.58. The molecule has 1 fully saturated rings. The first-order valence-corrected chi connectivity index (χ1v) is 10.0. The van der Waals surface area contributed by atoms with Crippen LogP contribution in [-0.4, -0.2) is 105 Å². The number of nitrogens with one attached hydrogen (secondary N) is 1. The zero-order valence-electron chi connectivity index (χ0n) is 18.5. The largest absolute Gasteiger partial charge is 0.465 e. The normalized spacial score (nSPS) is 23.5. The second-order valence-corrected chi connectivity index (χ2v) is 8.25. The van der Waals surface area contributed by atoms with Crippen LogP contribution >= 0.6 is 0 Å². The summed E-state index contributed by atoms with van der Waals surface area (Å²) in [5, 5.41) is 43.4. The van der Waals surface area contributed by atoms with Gasteiger partial charge in [-0.2, -0.15) is 5.06 Å². The van der Waals surface area contributed by atoms with Gasteiger partial charge in [-0.05, 0) is 27.7 Å². The first kappa shape index (κ1) is 27.2. The molecule has 0 radical (unpaired) electrons. The van der Waals surface area contributed by atoms with E-state index in [-0.39, 0.29) is 13.0 Å². The Labute approximate surface area is 181 Å². The Morgan fingerprint density at radius 1 is 1.16 bits per heavy atom. The molecule has 0 aliphatic carbocycles. The van der Waals surface area contributed by atoms with Gasteiger partial charge < -0.3 is 35.2 Å². The minimum absolute atomic E-state index is 0.00633. The molecule has 0 unspecified atom stereocenters. The molecule has 0 aromatic heterocycles. The van der Waals surface area contributed by atoms with Crippen molar-refractivity contribution >= 4 is 17.8 Å². The van der Waals surface area contributed by atoms with Crippen molar-refractivity contribution in [2.75, 3.05) is 19.8 Å². The van der Waals surface area contributed by atoms with Crippen LogP contribution in [0.2, 0.25) is 0 Å². The third kappa shape index (κ3) is 7.66. The third-order valence-corrected chi connectivity index (χ3v) is 4.64. The van der Waals surface area contributed by atoms with Gasteiger partial charge in [0.05, 0.1) is 19.3 Å². The lowest BCUT2D eigenvalue weighted by molar-refractivity contribution is -0.228. The highest BCUT2D eigenvalue weighted by Crippen LogP contribution is 2.32. The van der Waals surface area contributed by atoms with E-state index in [9.17, 15) is 29.7 Å². The van der Waals surface area contributed by atoms with E-state index < -0.39 is 73.1 Å². The van der Waals surface area contributed by atoms with E-state index >= 15 is 0 Å². The second kappa shape index (κ2) is 11.7. The van der Waals surface area contributed by atoms with E-state index in [0.29, 0.717) is 0 Å². The Kier molecular flexibility index (Phi) is 10.3. The Hall–Kier alpha value is -1.83. The van der Waals surface area contributed by atoms with Gasteiger partial charge in [-0.3, -0.25) is 19.2 Å². The lowest BCUT2D eigenvalue weighted by atomic mass is 9.93. The zero-order chi connectivity index (χ0) is 23.9. The fourth-order valence-corrected chi connectivity index (χ4v) is 3.19. The SMILES string of the molecule is CCOC(=O)[C@H]1C[C@@H]([C@@H](NC(=O)COC(C)=O)[C@@H](O)[C@H](O)[C@H](O)CO)ON1C(C)(C)C. The number of carbonyl (C=O) groups excluding carboxylic acids is 3. The van der Waals surface area contributed by atoms with E-state index in [1.54, 1.807) is 27.7 Å². The number of hydrogen-bond donors (Lipinski definition) is 5. The molecule has 12 nitrogen and oxygen atoms in total. The van der Waals surface area contributed by atoms with Crippen molar-refractivity contribution in [3.63, 3.8) is 0 Å². The number of carbonyl (C=O) groups is 3. The maximum absolute atomic E-state index is 12.5. The van der Waals surface area contributed by atoms with Gasteiger partial charge in [-0.1, -0.05) is 0 Å². The highest BCUT2D eigenvalue weighted by atomic mass is 16.7. The summed E-state index contributed by atoms with van der Waals surface area (Å²) < 4.78 is 9.73. The molecule has 0 spiro atoms. The van der Waals surface area contributed by atoms with Gasteiger partial charge >= 0.3 is 11.9 Å². The molecule has 0 saturated carbocycles. The van der Waals surface area contributed by atoms with E-state index in [1.165, 1.54) is 5.06 Å². The molecular weight excluding hydrogens is 416 g/mol. The van der Waals surface area contributed by atoms with Gasteiger partial charge in [-0.15, -0.1) is 0 Å². The summed E-state index contributed by atoms with van der Waals surface area (Å²) in [6, 6.07) is -2.17. The van der Waals surface area contributed by atoms with Crippen molar-refractivity contribution < 1.29 is 49.1 Å². The maximum atomic E-state index is 12.5. The first-order chi connectivity index (χ1) is 14.3. The Morgan fingerprint density at radius 2 is 1.77 bits per heavy atom. The number of hydrogen-bond acceptors (Lipinski definition) is 11. The number of hydroxylamine groups is 2. The summed E-state index contributed by atoms with van der Waals surface area (Å²) in [4.78, 5) is 41.5. The average Bonchev–Trinajstić information content (AvgIpc) is 3.14. The van der Waals surface area contributed by atoms with Crippen LogP contribution in [0.5, 0.6) is 0 Å². The van der Waals surface area contributed by atoms with Crippen molar-refractivity contribution in [2.24, 2.45) is 0 Å². The van der Waals surface area contributed by atoms with Crippen LogP contribution in [0.1, 0.15) is 41.0 Å². The summed E-state index contributed by atoms with van der Waals surface area (Å²) in [5.74, 6) is -2.05. The second-order valence-electron chi connectivity index (χ2n) is 8.25. The number of amides is 1. The van der Waals surface area contributed by atoms with Crippen LogP contribution in [0, 0.1) is 0 Å². The van der Waals surface area contributed by atoms with Gasteiger partial charge in [0.15, 0.2) is 6.61 Å². The highest BCUT2D eigenvalue weighted by molar-refractivity contribution is 5.80. The molecular formula is C19H34N2O10. The van der Waals surface area contributed by atoms with Gasteiger partial charge in [-0.25, -0.2) is 0 Å². The lowest BCUT2D eigenvalue weighted by Gasteiger charge is -2.36. The molecule has 6 atom stereocenters. The molecule has 180 valence electrons. The summed E-state index contributed by atoms with van der Waals surface area (Å²) >= 11 is 0. The molecule has 31 heavy (non-hydrogen) atoms. The quantitative estimate of drug-likeness (QED) is 0.229. The van der Waals surface area contributed by atoms with Gasteiger partial charge in [0.25, 0.3) is 5.91 Å². The van der Waals surface area contributed by atoms with Crippen LogP contribution in [0.4, 0.5) is 0 Å². The number of aliphatic hydroxyl groups is 4. The van der Waals surface area contributed by atoms with Gasteiger partial charge in [0.2, 0.25) is 0 Å². The number of nitrogens with zero attached hydrogens (tertiary/aromatic N) is 1. The first-order valence-electron chi connectivity index (χ1n) is 10.0. The molecule has 1 aliphatic rings. The molecule has 1 saturated heterocycles. The Balaban J connectivity index is 3.16. The topological polar surface area (TPSA) is 175 Å². The molecule has 12 heteroatoms. The molecule has 0 bridgehead atoms. The van der Waals surface area contributed by atoms with Crippen molar-refractivity contribution in [1.82, 2.24) is 10.4 Å². The van der Waals surface area contributed by atoms with E-state index in [4.69, 9.17) is 14.7 Å². The number of aliphatic hydroxyl groups excluding tert-OH is 4. The van der Waals surface area contributed by atoms with Crippen LogP contribution in [0.3, 0.4) is 0 Å². The standard InChI is InChI=1S/C19H34N2O10/c1-6-29-18(28)11-7-13(31-21(11)19(3,4)5)15(17(27)16(26)12(24)8-22)20-14(25)9-30-10(2)23/h11-13,15-17,22,24,26-27H,6-9H2,1-5H3,(H,20,25)/t11-,12-,13+,15-,16-,17-/m1/s1. The molecule has 1 heterocycles. The molecule has 1 aliphatic heterocycles. The third-order valence-electron chi connectivity index (χ3n) is 4.64. The van der Waals surface area contributed by atoms with Crippen molar-refractivity contribution in [2.45, 2.75) is 83.1 Å². The highest BCUT2D eigenvalue weighted by Gasteiger charge is 2.49. The summed E-state index contributed by atoms with van der Waals surface area (Å²) in [6.07, 6.45) is -6.32. The predicted octanol–water partition coefficient (Wildman–Crippen LogP) is -2.15. The molecule has 0 aromatic carbocycles. The zero-order valence-corrected chi connectivity index (χ0v) is 18.5. The van der Waals surface area contributed by atoms with E-state index in [1.807, 2.05) is 0 Å². The Bertz CT molecular complexity index is 623. The number of rotatable bonds is 10. The molecule has 5 N–H and O–H groups in total. The summed E-state index contributed by atoms with van der Waals surface area (Å²) in [6.45, 7) is 6.80. The monoisotopic (exact) mass is 450 g/mol. The molecule has 1 rings (SSSR count). The predicted molar refractivity (Wildman–Crippen MR) is 105 cm³/mol. The van der Waals surface area contributed by atoms with Crippen molar-refractivity contribution in [3.05, 3.63) is 0 Å². The van der Waals surface area contributed by atoms with Crippen LogP contribution in [0.15, 0.2) is 0 Å². The van der Waals surface area contributed by atoms with Crippen molar-refractivity contribution in [3.8, 4) is 0 Å². The Morgan fingerprint density at radius 3 is 2.26 bits per heavy atom. The fraction of sp³-hybridized carbons (Fsp3) is 0.842. The fourth-order valence-electron chi connectivity index (χ4n) is 3.19. The van der Waals surface area contributed by atoms with Crippen LogP contribution in [0.25, 0.3) is 0 Å². The molecule has 1 amide bonds. The van der Waals surface area contributed by atoms with Crippen molar-refractivity contribution in [1.29, 1.82) is 0 Å². The van der Waals surface area contributed by atoms with Crippen LogP contribution in [-0.2, 0) is 28.7 Å². The summed E-state index contributed by atoms with van der Waals surface area (Å²) in [5.41, 5.74) is -0.660. The molecule has 0 aromatic rings. The minimum Gasteiger partial charge on any atom is -0.465 e.